The zero-order valence-electron chi connectivity index (χ0n) is 19.5. The summed E-state index contributed by atoms with van der Waals surface area (Å²) in [5.41, 5.74) is 0.686. The average molecular weight is 537 g/mol. The summed E-state index contributed by atoms with van der Waals surface area (Å²) in [6, 6.07) is 8.61. The first kappa shape index (κ1) is 27.2. The molecule has 0 saturated carbocycles. The number of aryl methyl sites for hydroxylation is 1. The molecule has 1 heterocycles. The Morgan fingerprint density at radius 3 is 2.58 bits per heavy atom. The van der Waals surface area contributed by atoms with Crippen molar-refractivity contribution in [2.75, 3.05) is 19.0 Å². The molecule has 1 aliphatic heterocycles. The number of nitro benzene ring substituents is 1. The van der Waals surface area contributed by atoms with Gasteiger partial charge in [0.1, 0.15) is 11.8 Å². The number of halogens is 1. The van der Waals surface area contributed by atoms with Gasteiger partial charge < -0.3 is 15.3 Å². The zero-order valence-corrected chi connectivity index (χ0v) is 21.1. The molecule has 0 fully saturated rings. The smallest absolute Gasteiger partial charge is 0.344 e. The van der Waals surface area contributed by atoms with Crippen molar-refractivity contribution >= 4 is 44.8 Å². The fourth-order valence-corrected chi connectivity index (χ4v) is 6.27. The number of nitro groups is 1. The Hall–Kier alpha value is -3.35. The largest absolute Gasteiger partial charge is 0.481 e. The van der Waals surface area contributed by atoms with E-state index in [1.54, 1.807) is 19.1 Å². The van der Waals surface area contributed by atoms with Gasteiger partial charge >= 0.3 is 12.0 Å². The Kier molecular flexibility index (Phi) is 8.43. The van der Waals surface area contributed by atoms with Crippen LogP contribution in [0.25, 0.3) is 0 Å². The summed E-state index contributed by atoms with van der Waals surface area (Å²) in [6.45, 7) is 3.32. The third-order valence-corrected chi connectivity index (χ3v) is 8.00. The summed E-state index contributed by atoms with van der Waals surface area (Å²) in [7, 11) is -3.72. The number of aliphatic carboxylic acids is 1. The van der Waals surface area contributed by atoms with Gasteiger partial charge in [-0.25, -0.2) is 18.2 Å². The van der Waals surface area contributed by atoms with Gasteiger partial charge in [0.2, 0.25) is 0 Å². The van der Waals surface area contributed by atoms with E-state index in [1.165, 1.54) is 42.2 Å². The predicted octanol–water partition coefficient (Wildman–Crippen LogP) is 3.61. The van der Waals surface area contributed by atoms with Crippen molar-refractivity contribution in [3.8, 4) is 0 Å². The van der Waals surface area contributed by atoms with Crippen molar-refractivity contribution in [1.29, 1.82) is 0 Å². The Morgan fingerprint density at radius 1 is 1.25 bits per heavy atom. The van der Waals surface area contributed by atoms with E-state index < -0.39 is 38.7 Å². The van der Waals surface area contributed by atoms with E-state index in [4.69, 9.17) is 11.6 Å². The molecular weight excluding hydrogens is 512 g/mol. The van der Waals surface area contributed by atoms with Crippen LogP contribution >= 0.6 is 11.6 Å². The number of benzene rings is 2. The molecule has 36 heavy (non-hydrogen) atoms. The molecule has 1 aliphatic rings. The highest BCUT2D eigenvalue weighted by Crippen LogP contribution is 2.35. The highest BCUT2D eigenvalue weighted by molar-refractivity contribution is 7.91. The SMILES string of the molecule is CC1=NC(=O)N(CCCNCS(=O)(=O)c2c(C)cccc2Cl)C(c2cccc([N+](=O)[O-])c2)C1C(=O)O. The molecule has 0 radical (unpaired) electrons. The monoisotopic (exact) mass is 536 g/mol. The minimum absolute atomic E-state index is 0.0465. The Balaban J connectivity index is 1.75. The lowest BCUT2D eigenvalue weighted by atomic mass is 9.86. The number of nitrogens with one attached hydrogen (secondary N) is 1. The van der Waals surface area contributed by atoms with E-state index in [9.17, 15) is 33.2 Å². The van der Waals surface area contributed by atoms with Gasteiger partial charge in [-0.15, -0.1) is 0 Å². The van der Waals surface area contributed by atoms with Crippen molar-refractivity contribution in [2.24, 2.45) is 10.9 Å². The van der Waals surface area contributed by atoms with Gasteiger partial charge in [-0.2, -0.15) is 0 Å². The Labute approximate surface area is 212 Å². The van der Waals surface area contributed by atoms with Gasteiger partial charge in [-0.05, 0) is 44.0 Å². The molecule has 0 saturated heterocycles. The molecule has 2 amide bonds. The van der Waals surface area contributed by atoms with Gasteiger partial charge in [-0.3, -0.25) is 14.9 Å². The first-order valence-electron chi connectivity index (χ1n) is 11.0. The van der Waals surface area contributed by atoms with Crippen molar-refractivity contribution in [3.05, 3.63) is 68.7 Å². The third kappa shape index (κ3) is 5.89. The highest BCUT2D eigenvalue weighted by atomic mass is 35.5. The minimum Gasteiger partial charge on any atom is -0.481 e. The van der Waals surface area contributed by atoms with E-state index in [0.717, 1.165) is 0 Å². The number of non-ortho nitro benzene ring substituents is 1. The third-order valence-electron chi connectivity index (χ3n) is 5.83. The first-order chi connectivity index (χ1) is 16.9. The van der Waals surface area contributed by atoms with Gasteiger partial charge in [0.05, 0.1) is 20.9 Å². The summed E-state index contributed by atoms with van der Waals surface area (Å²) in [5.74, 6) is -2.79. The number of hydrogen-bond donors (Lipinski definition) is 2. The normalized spacial score (nSPS) is 18.1. The number of carbonyl (C=O) groups is 2. The molecule has 3 rings (SSSR count). The van der Waals surface area contributed by atoms with E-state index in [1.807, 2.05) is 0 Å². The van der Waals surface area contributed by atoms with Crippen LogP contribution in [0.1, 0.15) is 30.5 Å². The van der Waals surface area contributed by atoms with Crippen LogP contribution in [-0.4, -0.2) is 60.0 Å². The lowest BCUT2D eigenvalue weighted by Gasteiger charge is -2.37. The number of nitrogens with zero attached hydrogens (tertiary/aromatic N) is 3. The lowest BCUT2D eigenvalue weighted by molar-refractivity contribution is -0.385. The van der Waals surface area contributed by atoms with Crippen LogP contribution in [0.2, 0.25) is 5.02 Å². The summed E-state index contributed by atoms with van der Waals surface area (Å²) in [4.78, 5) is 40.6. The molecule has 13 heteroatoms. The Morgan fingerprint density at radius 2 is 1.94 bits per heavy atom. The summed E-state index contributed by atoms with van der Waals surface area (Å²) in [6.07, 6.45) is 0.273. The second kappa shape index (κ2) is 11.1. The van der Waals surface area contributed by atoms with Crippen molar-refractivity contribution in [3.63, 3.8) is 0 Å². The van der Waals surface area contributed by atoms with Gasteiger partial charge in [0.25, 0.3) is 5.69 Å². The second-order valence-corrected chi connectivity index (χ2v) is 10.7. The number of urea groups is 1. The lowest BCUT2D eigenvalue weighted by Crippen LogP contribution is -2.47. The first-order valence-corrected chi connectivity index (χ1v) is 13.0. The van der Waals surface area contributed by atoms with Crippen LogP contribution in [0, 0.1) is 23.0 Å². The van der Waals surface area contributed by atoms with E-state index in [2.05, 4.69) is 10.3 Å². The predicted molar refractivity (Wildman–Crippen MR) is 133 cm³/mol. The van der Waals surface area contributed by atoms with Gasteiger partial charge in [0, 0.05) is 24.4 Å². The van der Waals surface area contributed by atoms with Crippen molar-refractivity contribution in [2.45, 2.75) is 31.2 Å². The van der Waals surface area contributed by atoms with Crippen LogP contribution in [0.4, 0.5) is 10.5 Å². The summed E-state index contributed by atoms with van der Waals surface area (Å²) in [5, 5.41) is 24.0. The number of carbonyl (C=O) groups excluding carboxylic acids is 1. The maximum absolute atomic E-state index is 12.7. The minimum atomic E-state index is -3.72. The van der Waals surface area contributed by atoms with Crippen molar-refractivity contribution in [1.82, 2.24) is 10.2 Å². The molecule has 2 aromatic rings. The van der Waals surface area contributed by atoms with Gasteiger partial charge in [0.15, 0.2) is 9.84 Å². The number of carboxylic acid groups (broad SMARTS) is 1. The van der Waals surface area contributed by atoms with Crippen molar-refractivity contribution < 1.29 is 28.0 Å². The standard InChI is InChI=1S/C23H25ClN4O7S/c1-14-6-3-9-18(24)21(14)36(34,35)13-25-10-5-11-27-20(16-7-4-8-17(12-16)28(32)33)19(22(29)30)15(2)26-23(27)31/h3-4,6-9,12,19-20,25H,5,10-11,13H2,1-2H3,(H,29,30). The molecule has 2 atom stereocenters. The number of amides is 2. The van der Waals surface area contributed by atoms with Crippen LogP contribution in [0.15, 0.2) is 52.4 Å². The number of carboxylic acids is 1. The molecule has 0 spiro atoms. The molecule has 2 N–H and O–H groups in total. The zero-order chi connectivity index (χ0) is 26.6. The number of hydrogen-bond acceptors (Lipinski definition) is 7. The quantitative estimate of drug-likeness (QED) is 0.264. The number of rotatable bonds is 10. The van der Waals surface area contributed by atoms with Gasteiger partial charge in [-0.1, -0.05) is 35.9 Å². The maximum atomic E-state index is 12.7. The summed E-state index contributed by atoms with van der Waals surface area (Å²) < 4.78 is 25.4. The van der Waals surface area contributed by atoms with Crippen LogP contribution in [0.5, 0.6) is 0 Å². The molecule has 2 aromatic carbocycles. The Bertz CT molecular complexity index is 1310. The average Bonchev–Trinajstić information content (AvgIpc) is 2.79. The summed E-state index contributed by atoms with van der Waals surface area (Å²) >= 11 is 6.07. The molecule has 0 aliphatic carbocycles. The molecular formula is C23H25ClN4O7S. The number of sulfone groups is 1. The number of aliphatic imine (C=N–C) groups is 1. The fraction of sp³-hybridized carbons (Fsp3) is 0.348. The molecule has 11 nitrogen and oxygen atoms in total. The van der Waals surface area contributed by atoms with Crippen LogP contribution in [0.3, 0.4) is 0 Å². The topological polar surface area (TPSA) is 159 Å². The molecule has 192 valence electrons. The van der Waals surface area contributed by atoms with Crippen LogP contribution in [-0.2, 0) is 14.6 Å². The van der Waals surface area contributed by atoms with E-state index in [-0.39, 0.29) is 46.7 Å². The molecule has 2 unspecified atom stereocenters. The van der Waals surface area contributed by atoms with E-state index >= 15 is 0 Å². The van der Waals surface area contributed by atoms with E-state index in [0.29, 0.717) is 11.1 Å². The molecule has 0 bridgehead atoms. The second-order valence-electron chi connectivity index (χ2n) is 8.34. The maximum Gasteiger partial charge on any atom is 0.344 e. The van der Waals surface area contributed by atoms with Crippen LogP contribution < -0.4 is 5.32 Å². The molecule has 0 aromatic heterocycles. The highest BCUT2D eigenvalue weighted by Gasteiger charge is 2.42. The fourth-order valence-electron chi connectivity index (χ4n) is 4.22.